The maximum absolute atomic E-state index is 2.55. The number of likely N-dealkylation sites (N-methyl/N-ethyl adjacent to an activating group) is 2. The van der Waals surface area contributed by atoms with E-state index in [0.29, 0.717) is 0 Å². The fourth-order valence-corrected chi connectivity index (χ4v) is 16.8. The van der Waals surface area contributed by atoms with Gasteiger partial charge in [0.15, 0.2) is 11.4 Å². The van der Waals surface area contributed by atoms with Gasteiger partial charge in [-0.15, -0.1) is 0 Å². The molecule has 4 heteroatoms. The summed E-state index contributed by atoms with van der Waals surface area (Å²) in [5, 5.41) is 5.28. The number of nitrogens with zero attached hydrogens (tertiary/aromatic N) is 4. The molecule has 4 aliphatic rings. The van der Waals surface area contributed by atoms with Crippen LogP contribution in [0.25, 0.3) is 21.5 Å². The Kier molecular flexibility index (Phi) is 14.8. The summed E-state index contributed by atoms with van der Waals surface area (Å²) in [5.74, 6) is 0. The number of rotatable bonds is 16. The Labute approximate surface area is 528 Å². The van der Waals surface area contributed by atoms with Crippen LogP contribution in [-0.4, -0.2) is 47.8 Å². The molecule has 0 amide bonds. The van der Waals surface area contributed by atoms with Gasteiger partial charge in [0.25, 0.3) is 0 Å². The molecule has 4 unspecified atom stereocenters. The highest BCUT2D eigenvalue weighted by Gasteiger charge is 2.51. The SMILES string of the molecule is CCN1/C(=C/C=C/C2=[N+](C)c3cc(Cc4cc5c(c6ccccc46)C(C)(Cc4ccccc4)C(/C=C/C=C4/N(CC)c6ccccc6C4(C)Cc4ccccc4)=[N+]5C)c4ccccc4c3C2(C)Cc2ccccc2)C(C)(Cc2ccccc2)c2ccccc21. The lowest BCUT2D eigenvalue weighted by Crippen LogP contribution is -2.33. The molecule has 10 aromatic rings. The Morgan fingerprint density at radius 2 is 0.663 bits per heavy atom. The smallest absolute Gasteiger partial charge is 0.210 e. The number of allylic oxidation sites excluding steroid dienone is 8. The molecule has 14 rings (SSSR count). The van der Waals surface area contributed by atoms with Crippen molar-refractivity contribution in [1.29, 1.82) is 0 Å². The van der Waals surface area contributed by atoms with Gasteiger partial charge in [-0.3, -0.25) is 0 Å². The van der Waals surface area contributed by atoms with Crippen molar-refractivity contribution in [3.63, 3.8) is 0 Å². The van der Waals surface area contributed by atoms with Gasteiger partial charge in [-0.25, -0.2) is 0 Å². The lowest BCUT2D eigenvalue weighted by atomic mass is 9.72. The normalized spacial score (nSPS) is 22.0. The third kappa shape index (κ3) is 9.66. The van der Waals surface area contributed by atoms with Crippen LogP contribution in [0.15, 0.2) is 278 Å². The summed E-state index contributed by atoms with van der Waals surface area (Å²) in [6.07, 6.45) is 18.8. The van der Waals surface area contributed by atoms with Crippen LogP contribution >= 0.6 is 0 Å². The largest absolute Gasteiger partial charge is 0.344 e. The summed E-state index contributed by atoms with van der Waals surface area (Å²) in [7, 11) is 4.62. The third-order valence-corrected chi connectivity index (χ3v) is 20.8. The zero-order chi connectivity index (χ0) is 61.1. The number of fused-ring (bicyclic) bond motifs is 8. The minimum Gasteiger partial charge on any atom is -0.344 e. The van der Waals surface area contributed by atoms with E-state index in [1.165, 1.54) is 123 Å². The van der Waals surface area contributed by atoms with Crippen molar-refractivity contribution < 1.29 is 9.15 Å². The molecule has 0 saturated heterocycles. The van der Waals surface area contributed by atoms with Gasteiger partial charge in [0, 0.05) is 82.1 Å². The van der Waals surface area contributed by atoms with Gasteiger partial charge in [-0.05, 0) is 164 Å². The molecular formula is C85H82N4+2. The Bertz CT molecular complexity index is 4270. The van der Waals surface area contributed by atoms with Crippen LogP contribution in [0.5, 0.6) is 0 Å². The number of hydrogen-bond donors (Lipinski definition) is 0. The third-order valence-electron chi connectivity index (χ3n) is 20.8. The molecule has 0 bridgehead atoms. The first-order chi connectivity index (χ1) is 43.4. The van der Waals surface area contributed by atoms with E-state index in [1.54, 1.807) is 0 Å². The maximum atomic E-state index is 2.55. The molecule has 89 heavy (non-hydrogen) atoms. The van der Waals surface area contributed by atoms with Gasteiger partial charge in [0.1, 0.15) is 14.1 Å². The molecule has 0 saturated carbocycles. The number of benzene rings is 10. The second-order valence-electron chi connectivity index (χ2n) is 26.3. The molecular weight excluding hydrogens is 1080 g/mol. The highest BCUT2D eigenvalue weighted by atomic mass is 15.2. The van der Waals surface area contributed by atoms with E-state index in [9.17, 15) is 0 Å². The topological polar surface area (TPSA) is 12.5 Å². The van der Waals surface area contributed by atoms with Crippen LogP contribution in [0.4, 0.5) is 22.7 Å². The summed E-state index contributed by atoms with van der Waals surface area (Å²) in [4.78, 5) is 5.08. The van der Waals surface area contributed by atoms with Gasteiger partial charge in [-0.1, -0.05) is 218 Å². The minimum absolute atomic E-state index is 0.206. The summed E-state index contributed by atoms with van der Waals surface area (Å²) in [5.41, 5.74) is 23.0. The standard InChI is InChI=1S/C85H82N4/c1-9-88-72-47-29-27-45-70(72)82(3,56-60-33-15-11-16-34-60)78(88)51-31-49-76-84(5,58-62-37-19-13-20-38-62)80-68-43-25-23-41-66(68)64(54-74(80)86(76)7)53-65-55-75-81(69-44-26-24-42-67(65)69)85(6,59-63-39-21-14-22-40-63)77(87(75)8)50-32-52-79-83(4,57-61-35-17-12-18-36-61)71-46-28-30-48-73(71)89(79)10-2/h11-52,54-55H,9-10,53,56-59H2,1-8H3/q+2. The first-order valence-corrected chi connectivity index (χ1v) is 32.4. The molecule has 10 aromatic carbocycles. The van der Waals surface area contributed by atoms with Crippen LogP contribution in [0.2, 0.25) is 0 Å². The number of anilines is 2. The minimum atomic E-state index is -0.339. The molecule has 4 heterocycles. The van der Waals surface area contributed by atoms with Crippen LogP contribution in [0, 0.1) is 0 Å². The van der Waals surface area contributed by atoms with Gasteiger partial charge < -0.3 is 9.80 Å². The molecule has 0 aromatic heterocycles. The summed E-state index contributed by atoms with van der Waals surface area (Å²) in [6.45, 7) is 16.2. The van der Waals surface area contributed by atoms with E-state index in [4.69, 9.17) is 0 Å². The summed E-state index contributed by atoms with van der Waals surface area (Å²) >= 11 is 0. The Balaban J connectivity index is 0.890. The second-order valence-corrected chi connectivity index (χ2v) is 26.3. The Morgan fingerprint density at radius 1 is 0.360 bits per heavy atom. The molecule has 4 nitrogen and oxygen atoms in total. The van der Waals surface area contributed by atoms with Crippen molar-refractivity contribution in [2.75, 3.05) is 37.0 Å². The average Bonchev–Trinajstić information content (AvgIpc) is 1.64. The summed E-state index contributed by atoms with van der Waals surface area (Å²) in [6, 6.07) is 86.1. The number of hydrogen-bond acceptors (Lipinski definition) is 2. The van der Waals surface area contributed by atoms with Crippen molar-refractivity contribution in [3.8, 4) is 0 Å². The first-order valence-electron chi connectivity index (χ1n) is 32.4. The van der Waals surface area contributed by atoms with Crippen molar-refractivity contribution in [1.82, 2.24) is 0 Å². The zero-order valence-electron chi connectivity index (χ0n) is 53.1. The van der Waals surface area contributed by atoms with Gasteiger partial charge in [-0.2, -0.15) is 9.15 Å². The van der Waals surface area contributed by atoms with Gasteiger partial charge >= 0.3 is 0 Å². The predicted octanol–water partition coefficient (Wildman–Crippen LogP) is 19.0. The van der Waals surface area contributed by atoms with E-state index in [0.717, 1.165) is 45.2 Å². The Hall–Kier alpha value is -9.38. The van der Waals surface area contributed by atoms with Crippen molar-refractivity contribution in [2.24, 2.45) is 0 Å². The Morgan fingerprint density at radius 3 is 1.01 bits per heavy atom. The highest BCUT2D eigenvalue weighted by molar-refractivity contribution is 6.10. The molecule has 0 aliphatic carbocycles. The molecule has 0 N–H and O–H groups in total. The number of para-hydroxylation sites is 2. The maximum Gasteiger partial charge on any atom is 0.210 e. The van der Waals surface area contributed by atoms with Crippen molar-refractivity contribution >= 4 is 55.7 Å². The van der Waals surface area contributed by atoms with Gasteiger partial charge in [0.2, 0.25) is 11.4 Å². The zero-order valence-corrected chi connectivity index (χ0v) is 53.1. The van der Waals surface area contributed by atoms with E-state index in [1.807, 2.05) is 0 Å². The van der Waals surface area contributed by atoms with E-state index in [2.05, 4.69) is 342 Å². The lowest BCUT2D eigenvalue weighted by Gasteiger charge is -2.30. The quantitative estimate of drug-likeness (QED) is 0.0894. The molecule has 4 atom stereocenters. The van der Waals surface area contributed by atoms with E-state index in [-0.39, 0.29) is 21.7 Å². The van der Waals surface area contributed by atoms with E-state index < -0.39 is 0 Å². The monoisotopic (exact) mass is 1160 g/mol. The van der Waals surface area contributed by atoms with Crippen LogP contribution in [0.3, 0.4) is 0 Å². The second kappa shape index (κ2) is 23.0. The highest BCUT2D eigenvalue weighted by Crippen LogP contribution is 2.53. The van der Waals surface area contributed by atoms with Crippen LogP contribution in [-0.2, 0) is 53.8 Å². The molecule has 0 fully saturated rings. The molecule has 4 aliphatic heterocycles. The summed E-state index contributed by atoms with van der Waals surface area (Å²) < 4.78 is 5.04. The van der Waals surface area contributed by atoms with Gasteiger partial charge in [0.05, 0.1) is 10.8 Å². The fourth-order valence-electron chi connectivity index (χ4n) is 16.8. The average molecular weight is 1160 g/mol. The van der Waals surface area contributed by atoms with Crippen molar-refractivity contribution in [3.05, 3.63) is 334 Å². The van der Waals surface area contributed by atoms with Crippen LogP contribution < -0.4 is 9.80 Å². The van der Waals surface area contributed by atoms with Crippen LogP contribution in [0.1, 0.15) is 97.2 Å². The molecule has 440 valence electrons. The lowest BCUT2D eigenvalue weighted by molar-refractivity contribution is -0.401. The molecule has 0 radical (unpaired) electrons. The van der Waals surface area contributed by atoms with E-state index >= 15 is 0 Å². The first kappa shape index (κ1) is 57.4. The predicted molar refractivity (Wildman–Crippen MR) is 376 cm³/mol. The fraction of sp³-hybridized carbons (Fsp3) is 0.224. The van der Waals surface area contributed by atoms with Crippen molar-refractivity contribution in [2.45, 2.75) is 95.3 Å². The molecule has 0 spiro atoms.